The maximum atomic E-state index is 13.3. The third kappa shape index (κ3) is 4.65. The highest BCUT2D eigenvalue weighted by Crippen LogP contribution is 2.35. The zero-order chi connectivity index (χ0) is 17.0. The fourth-order valence-electron chi connectivity index (χ4n) is 3.03. The van der Waals surface area contributed by atoms with Crippen molar-refractivity contribution >= 4 is 0 Å². The number of rotatable bonds is 5. The first-order valence-electron chi connectivity index (χ1n) is 7.69. The molecule has 1 aliphatic rings. The largest absolute Gasteiger partial charge is 0.418 e. The van der Waals surface area contributed by atoms with Gasteiger partial charge < -0.3 is 9.47 Å². The fraction of sp³-hybridized carbons (Fsp3) is 0.688. The SMILES string of the molecule is COC(OC)c1ncc(CN2CCC[C@H](C)C2)cc1C(F)(F)F. The van der Waals surface area contributed by atoms with Crippen LogP contribution in [-0.2, 0) is 22.2 Å². The number of likely N-dealkylation sites (tertiary alicyclic amines) is 1. The van der Waals surface area contributed by atoms with E-state index < -0.39 is 18.0 Å². The summed E-state index contributed by atoms with van der Waals surface area (Å²) in [5.74, 6) is 0.574. The van der Waals surface area contributed by atoms with Crippen LogP contribution in [0.4, 0.5) is 13.2 Å². The van der Waals surface area contributed by atoms with Gasteiger partial charge in [0.25, 0.3) is 0 Å². The number of nitrogens with zero attached hydrogens (tertiary/aromatic N) is 2. The van der Waals surface area contributed by atoms with Crippen LogP contribution in [0.1, 0.15) is 42.9 Å². The Morgan fingerprint density at radius 1 is 1.35 bits per heavy atom. The zero-order valence-electron chi connectivity index (χ0n) is 13.7. The summed E-state index contributed by atoms with van der Waals surface area (Å²) >= 11 is 0. The average molecular weight is 332 g/mol. The van der Waals surface area contributed by atoms with Gasteiger partial charge in [0.2, 0.25) is 6.29 Å². The Morgan fingerprint density at radius 3 is 2.61 bits per heavy atom. The second-order valence-corrected chi connectivity index (χ2v) is 6.06. The van der Waals surface area contributed by atoms with E-state index in [1.165, 1.54) is 26.8 Å². The summed E-state index contributed by atoms with van der Waals surface area (Å²) in [5.41, 5.74) is -0.479. The van der Waals surface area contributed by atoms with Gasteiger partial charge in [0.15, 0.2) is 0 Å². The van der Waals surface area contributed by atoms with Crippen molar-refractivity contribution in [1.82, 2.24) is 9.88 Å². The van der Waals surface area contributed by atoms with Crippen LogP contribution >= 0.6 is 0 Å². The number of methoxy groups -OCH3 is 2. The average Bonchev–Trinajstić information content (AvgIpc) is 2.48. The maximum absolute atomic E-state index is 13.3. The van der Waals surface area contributed by atoms with Crippen molar-refractivity contribution in [3.05, 3.63) is 29.1 Å². The molecule has 0 aromatic carbocycles. The summed E-state index contributed by atoms with van der Waals surface area (Å²) in [6, 6.07) is 1.16. The Labute approximate surface area is 134 Å². The molecule has 0 saturated carbocycles. The number of piperidine rings is 1. The minimum absolute atomic E-state index is 0.238. The molecule has 1 saturated heterocycles. The highest BCUT2D eigenvalue weighted by molar-refractivity contribution is 5.29. The Balaban J connectivity index is 2.25. The van der Waals surface area contributed by atoms with Crippen molar-refractivity contribution in [3.63, 3.8) is 0 Å². The molecule has 1 atom stereocenters. The van der Waals surface area contributed by atoms with Gasteiger partial charge in [0, 0.05) is 33.5 Å². The Hall–Kier alpha value is -1.18. The molecule has 1 aliphatic heterocycles. The molecule has 7 heteroatoms. The molecule has 1 aromatic rings. The van der Waals surface area contributed by atoms with Gasteiger partial charge in [-0.25, -0.2) is 0 Å². The van der Waals surface area contributed by atoms with Crippen molar-refractivity contribution < 1.29 is 22.6 Å². The van der Waals surface area contributed by atoms with E-state index in [9.17, 15) is 13.2 Å². The van der Waals surface area contributed by atoms with Gasteiger partial charge in [0.05, 0.1) is 5.56 Å². The van der Waals surface area contributed by atoms with E-state index in [0.29, 0.717) is 18.0 Å². The molecular weight excluding hydrogens is 309 g/mol. The van der Waals surface area contributed by atoms with E-state index in [0.717, 1.165) is 25.6 Å². The predicted octanol–water partition coefficient (Wildman–Crippen LogP) is 3.62. The molecule has 2 heterocycles. The molecule has 4 nitrogen and oxygen atoms in total. The summed E-state index contributed by atoms with van der Waals surface area (Å²) in [4.78, 5) is 6.15. The molecule has 0 amide bonds. The number of hydrogen-bond donors (Lipinski definition) is 0. The van der Waals surface area contributed by atoms with Crippen LogP contribution in [0.25, 0.3) is 0 Å². The third-order valence-electron chi connectivity index (χ3n) is 4.08. The molecule has 1 fully saturated rings. The molecule has 0 radical (unpaired) electrons. The normalized spacial score (nSPS) is 20.2. The van der Waals surface area contributed by atoms with Crippen LogP contribution in [-0.4, -0.2) is 37.2 Å². The third-order valence-corrected chi connectivity index (χ3v) is 4.08. The number of aromatic nitrogens is 1. The molecule has 2 rings (SSSR count). The predicted molar refractivity (Wildman–Crippen MR) is 79.7 cm³/mol. The number of hydrogen-bond acceptors (Lipinski definition) is 4. The van der Waals surface area contributed by atoms with Gasteiger partial charge in [-0.15, -0.1) is 0 Å². The van der Waals surface area contributed by atoms with E-state index in [1.54, 1.807) is 0 Å². The van der Waals surface area contributed by atoms with Gasteiger partial charge in [-0.2, -0.15) is 13.2 Å². The zero-order valence-corrected chi connectivity index (χ0v) is 13.7. The first-order chi connectivity index (χ1) is 10.8. The number of halogens is 3. The van der Waals surface area contributed by atoms with Crippen molar-refractivity contribution in [3.8, 4) is 0 Å². The van der Waals surface area contributed by atoms with Crippen LogP contribution in [0.2, 0.25) is 0 Å². The van der Waals surface area contributed by atoms with Crippen LogP contribution in [0, 0.1) is 5.92 Å². The summed E-state index contributed by atoms with van der Waals surface area (Å²) in [7, 11) is 2.58. The lowest BCUT2D eigenvalue weighted by atomic mass is 9.99. The number of ether oxygens (including phenoxy) is 2. The van der Waals surface area contributed by atoms with Gasteiger partial charge in [-0.3, -0.25) is 9.88 Å². The monoisotopic (exact) mass is 332 g/mol. The van der Waals surface area contributed by atoms with Gasteiger partial charge in [0.1, 0.15) is 5.69 Å². The van der Waals surface area contributed by atoms with Crippen LogP contribution in [0.3, 0.4) is 0 Å². The van der Waals surface area contributed by atoms with Crippen LogP contribution in [0.5, 0.6) is 0 Å². The maximum Gasteiger partial charge on any atom is 0.418 e. The topological polar surface area (TPSA) is 34.6 Å². The van der Waals surface area contributed by atoms with E-state index >= 15 is 0 Å². The first-order valence-corrected chi connectivity index (χ1v) is 7.69. The highest BCUT2D eigenvalue weighted by atomic mass is 19.4. The van der Waals surface area contributed by atoms with E-state index in [-0.39, 0.29) is 5.69 Å². The van der Waals surface area contributed by atoms with Crippen molar-refractivity contribution in [2.45, 2.75) is 38.8 Å². The van der Waals surface area contributed by atoms with E-state index in [4.69, 9.17) is 9.47 Å². The van der Waals surface area contributed by atoms with Crippen LogP contribution < -0.4 is 0 Å². The second-order valence-electron chi connectivity index (χ2n) is 6.06. The molecule has 0 spiro atoms. The molecule has 0 unspecified atom stereocenters. The first kappa shape index (κ1) is 18.2. The molecule has 1 aromatic heterocycles. The Kier molecular flexibility index (Phi) is 6.00. The summed E-state index contributed by atoms with van der Waals surface area (Å²) < 4.78 is 49.9. The molecule has 23 heavy (non-hydrogen) atoms. The van der Waals surface area contributed by atoms with Crippen LogP contribution in [0.15, 0.2) is 12.3 Å². The standard InChI is InChI=1S/C16H23F3N2O2/c1-11-5-4-6-21(9-11)10-12-7-13(16(17,18)19)14(20-8-12)15(22-2)23-3/h7-8,11,15H,4-6,9-10H2,1-3H3/t11-/m0/s1. The molecule has 0 bridgehead atoms. The number of pyridine rings is 1. The van der Waals surface area contributed by atoms with Crippen molar-refractivity contribution in [2.24, 2.45) is 5.92 Å². The molecule has 0 aliphatic carbocycles. The lowest BCUT2D eigenvalue weighted by Crippen LogP contribution is -2.33. The number of alkyl halides is 3. The van der Waals surface area contributed by atoms with Crippen molar-refractivity contribution in [2.75, 3.05) is 27.3 Å². The molecule has 130 valence electrons. The summed E-state index contributed by atoms with van der Waals surface area (Å²) in [5, 5.41) is 0. The van der Waals surface area contributed by atoms with Gasteiger partial charge in [-0.1, -0.05) is 6.92 Å². The Bertz CT molecular complexity index is 519. The Morgan fingerprint density at radius 2 is 2.04 bits per heavy atom. The summed E-state index contributed by atoms with van der Waals surface area (Å²) in [6.45, 7) is 4.45. The minimum Gasteiger partial charge on any atom is -0.350 e. The van der Waals surface area contributed by atoms with Gasteiger partial charge in [-0.05, 0) is 36.9 Å². The van der Waals surface area contributed by atoms with Crippen molar-refractivity contribution in [1.29, 1.82) is 0 Å². The lowest BCUT2D eigenvalue weighted by Gasteiger charge is -2.31. The highest BCUT2D eigenvalue weighted by Gasteiger charge is 2.37. The van der Waals surface area contributed by atoms with Gasteiger partial charge >= 0.3 is 6.18 Å². The minimum atomic E-state index is -4.50. The quantitative estimate of drug-likeness (QED) is 0.771. The fourth-order valence-corrected chi connectivity index (χ4v) is 3.03. The summed E-state index contributed by atoms with van der Waals surface area (Å²) in [6.07, 6.45) is -1.90. The van der Waals surface area contributed by atoms with E-state index in [1.807, 2.05) is 0 Å². The molecule has 0 N–H and O–H groups in total. The smallest absolute Gasteiger partial charge is 0.350 e. The van der Waals surface area contributed by atoms with E-state index in [2.05, 4.69) is 16.8 Å². The second kappa shape index (κ2) is 7.59. The molecular formula is C16H23F3N2O2. The lowest BCUT2D eigenvalue weighted by molar-refractivity contribution is -0.149.